The molecule has 172 valence electrons. The van der Waals surface area contributed by atoms with Crippen molar-refractivity contribution in [1.29, 1.82) is 0 Å². The van der Waals surface area contributed by atoms with Gasteiger partial charge in [-0.2, -0.15) is 0 Å². The maximum atomic E-state index is 13.2. The molecule has 1 aliphatic rings. The molecule has 1 aromatic carbocycles. The molecule has 1 saturated heterocycles. The number of carbonyl (C=O) groups excluding carboxylic acids is 1. The summed E-state index contributed by atoms with van der Waals surface area (Å²) in [6.45, 7) is 3.48. The van der Waals surface area contributed by atoms with Crippen molar-refractivity contribution in [3.63, 3.8) is 0 Å². The summed E-state index contributed by atoms with van der Waals surface area (Å²) in [6.07, 6.45) is 7.33. The SMILES string of the molecule is Cc1cnc(SCc2ccccn2)nc1C1CCCN(C(=O)c2ccc(-c3ccco3)cc2)C1. The number of aromatic nitrogens is 3. The van der Waals surface area contributed by atoms with Crippen LogP contribution in [0.5, 0.6) is 0 Å². The maximum absolute atomic E-state index is 13.2. The van der Waals surface area contributed by atoms with Gasteiger partial charge in [0.25, 0.3) is 5.91 Å². The van der Waals surface area contributed by atoms with Gasteiger partial charge in [-0.3, -0.25) is 9.78 Å². The lowest BCUT2D eigenvalue weighted by Gasteiger charge is -2.33. The number of amides is 1. The standard InChI is InChI=1S/C27H26N4O2S/c1-19-16-29-27(34-18-23-7-2-3-13-28-23)30-25(19)22-6-4-14-31(17-22)26(32)21-11-9-20(10-12-21)24-8-5-15-33-24/h2-3,5,7-13,15-16,22H,4,6,14,17-18H2,1H3. The first-order valence-electron chi connectivity index (χ1n) is 11.5. The molecule has 1 fully saturated rings. The molecular weight excluding hydrogens is 444 g/mol. The largest absolute Gasteiger partial charge is 0.464 e. The summed E-state index contributed by atoms with van der Waals surface area (Å²) in [4.78, 5) is 29.0. The van der Waals surface area contributed by atoms with E-state index in [0.717, 1.165) is 58.6 Å². The fourth-order valence-corrected chi connectivity index (χ4v) is 5.07. The van der Waals surface area contributed by atoms with Crippen LogP contribution in [0, 0.1) is 6.92 Å². The predicted molar refractivity (Wildman–Crippen MR) is 133 cm³/mol. The molecule has 34 heavy (non-hydrogen) atoms. The van der Waals surface area contributed by atoms with E-state index >= 15 is 0 Å². The van der Waals surface area contributed by atoms with Crippen LogP contribution in [-0.2, 0) is 5.75 Å². The van der Waals surface area contributed by atoms with Gasteiger partial charge in [-0.25, -0.2) is 9.97 Å². The third-order valence-electron chi connectivity index (χ3n) is 6.10. The fraction of sp³-hybridized carbons (Fsp3) is 0.259. The number of hydrogen-bond acceptors (Lipinski definition) is 6. The van der Waals surface area contributed by atoms with Crippen molar-refractivity contribution in [1.82, 2.24) is 19.9 Å². The summed E-state index contributed by atoms with van der Waals surface area (Å²) in [5.74, 6) is 1.80. The van der Waals surface area contributed by atoms with Gasteiger partial charge in [-0.05, 0) is 61.7 Å². The Balaban J connectivity index is 1.27. The van der Waals surface area contributed by atoms with E-state index < -0.39 is 0 Å². The van der Waals surface area contributed by atoms with E-state index in [1.54, 1.807) is 24.2 Å². The Morgan fingerprint density at radius 2 is 2.00 bits per heavy atom. The first-order valence-corrected chi connectivity index (χ1v) is 12.5. The number of likely N-dealkylation sites (tertiary alicyclic amines) is 1. The van der Waals surface area contributed by atoms with Crippen molar-refractivity contribution in [2.24, 2.45) is 0 Å². The zero-order chi connectivity index (χ0) is 23.3. The number of thioether (sulfide) groups is 1. The Hall–Kier alpha value is -3.45. The van der Waals surface area contributed by atoms with Crippen molar-refractivity contribution in [3.8, 4) is 11.3 Å². The normalized spacial score (nSPS) is 15.9. The van der Waals surface area contributed by atoms with Gasteiger partial charge >= 0.3 is 0 Å². The minimum absolute atomic E-state index is 0.0622. The highest BCUT2D eigenvalue weighted by atomic mass is 32.2. The molecule has 7 heteroatoms. The molecule has 0 radical (unpaired) electrons. The monoisotopic (exact) mass is 470 g/mol. The first kappa shape index (κ1) is 22.3. The summed E-state index contributed by atoms with van der Waals surface area (Å²) < 4.78 is 5.45. The number of furan rings is 1. The van der Waals surface area contributed by atoms with E-state index in [2.05, 4.69) is 16.9 Å². The van der Waals surface area contributed by atoms with Gasteiger partial charge in [0.05, 0.1) is 17.7 Å². The molecule has 1 amide bonds. The minimum Gasteiger partial charge on any atom is -0.464 e. The second-order valence-electron chi connectivity index (χ2n) is 8.48. The molecule has 1 atom stereocenters. The zero-order valence-electron chi connectivity index (χ0n) is 19.1. The molecule has 0 aliphatic carbocycles. The molecule has 3 aromatic heterocycles. The van der Waals surface area contributed by atoms with Crippen LogP contribution in [0.4, 0.5) is 0 Å². The number of pyridine rings is 1. The van der Waals surface area contributed by atoms with E-state index in [1.165, 1.54) is 0 Å². The zero-order valence-corrected chi connectivity index (χ0v) is 19.9. The van der Waals surface area contributed by atoms with Gasteiger partial charge in [0.1, 0.15) is 5.76 Å². The van der Waals surface area contributed by atoms with Crippen LogP contribution in [0.1, 0.15) is 46.1 Å². The number of aryl methyl sites for hydroxylation is 1. The molecule has 4 heterocycles. The Labute approximate surface area is 203 Å². The highest BCUT2D eigenvalue weighted by molar-refractivity contribution is 7.98. The molecule has 0 N–H and O–H groups in total. The molecule has 6 nitrogen and oxygen atoms in total. The van der Waals surface area contributed by atoms with E-state index in [1.807, 2.05) is 65.7 Å². The third kappa shape index (κ3) is 5.04. The number of rotatable bonds is 6. The highest BCUT2D eigenvalue weighted by Crippen LogP contribution is 2.30. The van der Waals surface area contributed by atoms with E-state index in [9.17, 15) is 4.79 Å². The Morgan fingerprint density at radius 1 is 1.12 bits per heavy atom. The van der Waals surface area contributed by atoms with Gasteiger partial charge in [0.2, 0.25) is 0 Å². The van der Waals surface area contributed by atoms with Crippen molar-refractivity contribution in [2.45, 2.75) is 36.6 Å². The summed E-state index contributed by atoms with van der Waals surface area (Å²) in [5, 5.41) is 0.753. The fourth-order valence-electron chi connectivity index (χ4n) is 4.33. The average Bonchev–Trinajstić information content (AvgIpc) is 3.44. The molecule has 0 bridgehead atoms. The number of benzene rings is 1. The van der Waals surface area contributed by atoms with Crippen LogP contribution in [0.15, 0.2) is 82.8 Å². The van der Waals surface area contributed by atoms with Gasteiger partial charge < -0.3 is 9.32 Å². The lowest BCUT2D eigenvalue weighted by molar-refractivity contribution is 0.0705. The number of nitrogens with zero attached hydrogens (tertiary/aromatic N) is 4. The second-order valence-corrected chi connectivity index (χ2v) is 9.42. The summed E-state index contributed by atoms with van der Waals surface area (Å²) in [5.41, 5.74) is 4.78. The van der Waals surface area contributed by atoms with E-state index in [0.29, 0.717) is 12.1 Å². The number of carbonyl (C=O) groups is 1. The van der Waals surface area contributed by atoms with Crippen LogP contribution in [0.25, 0.3) is 11.3 Å². The summed E-state index contributed by atoms with van der Waals surface area (Å²) >= 11 is 1.59. The lowest BCUT2D eigenvalue weighted by Crippen LogP contribution is -2.39. The Bertz CT molecular complexity index is 1240. The molecule has 4 aromatic rings. The Morgan fingerprint density at radius 3 is 2.76 bits per heavy atom. The van der Waals surface area contributed by atoms with Gasteiger partial charge in [0, 0.05) is 48.3 Å². The van der Waals surface area contributed by atoms with Gasteiger partial charge in [-0.1, -0.05) is 30.0 Å². The Kier molecular flexibility index (Phi) is 6.72. The van der Waals surface area contributed by atoms with E-state index in [4.69, 9.17) is 9.40 Å². The number of hydrogen-bond donors (Lipinski definition) is 0. The minimum atomic E-state index is 0.0622. The molecule has 1 unspecified atom stereocenters. The topological polar surface area (TPSA) is 72.1 Å². The van der Waals surface area contributed by atoms with E-state index in [-0.39, 0.29) is 11.8 Å². The summed E-state index contributed by atoms with van der Waals surface area (Å²) in [7, 11) is 0. The first-order chi connectivity index (χ1) is 16.7. The smallest absolute Gasteiger partial charge is 0.253 e. The van der Waals surface area contributed by atoms with Crippen molar-refractivity contribution < 1.29 is 9.21 Å². The summed E-state index contributed by atoms with van der Waals surface area (Å²) in [6, 6.07) is 17.3. The predicted octanol–water partition coefficient (Wildman–Crippen LogP) is 5.75. The number of piperidine rings is 1. The van der Waals surface area contributed by atoms with Gasteiger partial charge in [0.15, 0.2) is 5.16 Å². The van der Waals surface area contributed by atoms with Crippen molar-refractivity contribution >= 4 is 17.7 Å². The van der Waals surface area contributed by atoms with Crippen molar-refractivity contribution in [2.75, 3.05) is 13.1 Å². The quantitative estimate of drug-likeness (QED) is 0.264. The lowest BCUT2D eigenvalue weighted by atomic mass is 9.92. The maximum Gasteiger partial charge on any atom is 0.253 e. The van der Waals surface area contributed by atoms with Gasteiger partial charge in [-0.15, -0.1) is 0 Å². The molecule has 0 spiro atoms. The average molecular weight is 471 g/mol. The molecule has 0 saturated carbocycles. The van der Waals surface area contributed by atoms with Crippen LogP contribution >= 0.6 is 11.8 Å². The van der Waals surface area contributed by atoms with Crippen LogP contribution < -0.4 is 0 Å². The third-order valence-corrected chi connectivity index (χ3v) is 6.99. The molecular formula is C27H26N4O2S. The van der Waals surface area contributed by atoms with Crippen LogP contribution in [-0.4, -0.2) is 38.8 Å². The highest BCUT2D eigenvalue weighted by Gasteiger charge is 2.27. The second kappa shape index (κ2) is 10.2. The van der Waals surface area contributed by atoms with Crippen LogP contribution in [0.2, 0.25) is 0 Å². The molecule has 1 aliphatic heterocycles. The van der Waals surface area contributed by atoms with Crippen molar-refractivity contribution in [3.05, 3.63) is 95.8 Å². The van der Waals surface area contributed by atoms with Crippen LogP contribution in [0.3, 0.4) is 0 Å². The molecule has 5 rings (SSSR count).